The second-order valence-corrected chi connectivity index (χ2v) is 4.62. The van der Waals surface area contributed by atoms with Crippen LogP contribution in [0.15, 0.2) is 54.6 Å². The number of hydrogen-bond acceptors (Lipinski definition) is 2. The van der Waals surface area contributed by atoms with Crippen molar-refractivity contribution in [1.29, 1.82) is 0 Å². The molecule has 2 N–H and O–H groups in total. The standard InChI is InChI=1S/C14H11ClN2OS/c15-12-9-5-4-8-11(12)13(18)17(14(16)19)10-6-2-1-3-7-10/h1-9H,(H2,16,19). The highest BCUT2D eigenvalue weighted by Crippen LogP contribution is 2.21. The minimum absolute atomic E-state index is 0.0175. The zero-order valence-corrected chi connectivity index (χ0v) is 11.5. The van der Waals surface area contributed by atoms with Gasteiger partial charge in [0.25, 0.3) is 5.91 Å². The van der Waals surface area contributed by atoms with E-state index >= 15 is 0 Å². The molecule has 96 valence electrons. The maximum atomic E-state index is 12.5. The third kappa shape index (κ3) is 2.92. The Morgan fingerprint density at radius 3 is 2.21 bits per heavy atom. The summed E-state index contributed by atoms with van der Waals surface area (Å²) in [4.78, 5) is 13.7. The van der Waals surface area contributed by atoms with Crippen molar-refractivity contribution in [3.05, 3.63) is 65.2 Å². The van der Waals surface area contributed by atoms with Gasteiger partial charge in [0.15, 0.2) is 5.11 Å². The molecule has 2 aromatic carbocycles. The van der Waals surface area contributed by atoms with Crippen molar-refractivity contribution in [1.82, 2.24) is 0 Å². The van der Waals surface area contributed by atoms with Gasteiger partial charge in [-0.15, -0.1) is 0 Å². The van der Waals surface area contributed by atoms with Gasteiger partial charge in [-0.2, -0.15) is 0 Å². The molecular formula is C14H11ClN2OS. The van der Waals surface area contributed by atoms with Crippen LogP contribution in [0.2, 0.25) is 5.02 Å². The van der Waals surface area contributed by atoms with E-state index in [1.54, 1.807) is 48.5 Å². The quantitative estimate of drug-likeness (QED) is 0.864. The van der Waals surface area contributed by atoms with Crippen molar-refractivity contribution in [3.63, 3.8) is 0 Å². The lowest BCUT2D eigenvalue weighted by atomic mass is 10.2. The second kappa shape index (κ2) is 5.82. The average molecular weight is 291 g/mol. The third-order valence-electron chi connectivity index (χ3n) is 2.54. The molecule has 0 saturated heterocycles. The molecule has 0 atom stereocenters. The van der Waals surface area contributed by atoms with Crippen molar-refractivity contribution >= 4 is 40.5 Å². The largest absolute Gasteiger partial charge is 0.376 e. The maximum Gasteiger partial charge on any atom is 0.266 e. The van der Waals surface area contributed by atoms with Gasteiger partial charge in [0, 0.05) is 0 Å². The molecule has 19 heavy (non-hydrogen) atoms. The zero-order valence-electron chi connectivity index (χ0n) is 9.92. The predicted octanol–water partition coefficient (Wildman–Crippen LogP) is 3.23. The van der Waals surface area contributed by atoms with E-state index in [1.807, 2.05) is 6.07 Å². The molecule has 0 aliphatic carbocycles. The van der Waals surface area contributed by atoms with E-state index < -0.39 is 0 Å². The van der Waals surface area contributed by atoms with Crippen LogP contribution in [0.5, 0.6) is 0 Å². The molecule has 0 spiro atoms. The molecule has 0 aromatic heterocycles. The summed E-state index contributed by atoms with van der Waals surface area (Å²) in [5.74, 6) is -0.343. The Hall–Kier alpha value is -1.91. The first-order valence-corrected chi connectivity index (χ1v) is 6.33. The fourth-order valence-corrected chi connectivity index (χ4v) is 2.08. The van der Waals surface area contributed by atoms with Crippen molar-refractivity contribution in [2.24, 2.45) is 5.73 Å². The summed E-state index contributed by atoms with van der Waals surface area (Å²) in [5.41, 5.74) is 6.62. The van der Waals surface area contributed by atoms with Crippen molar-refractivity contribution < 1.29 is 4.79 Å². The summed E-state index contributed by atoms with van der Waals surface area (Å²) in [6.45, 7) is 0. The molecule has 5 heteroatoms. The van der Waals surface area contributed by atoms with E-state index in [-0.39, 0.29) is 11.0 Å². The van der Waals surface area contributed by atoms with Crippen molar-refractivity contribution in [3.8, 4) is 0 Å². The normalized spacial score (nSPS) is 9.95. The van der Waals surface area contributed by atoms with Gasteiger partial charge >= 0.3 is 0 Å². The van der Waals surface area contributed by atoms with E-state index in [2.05, 4.69) is 0 Å². The molecule has 0 radical (unpaired) electrons. The van der Waals surface area contributed by atoms with Crippen LogP contribution in [-0.2, 0) is 0 Å². The van der Waals surface area contributed by atoms with Gasteiger partial charge in [0.2, 0.25) is 0 Å². The molecular weight excluding hydrogens is 280 g/mol. The van der Waals surface area contributed by atoms with Gasteiger partial charge in [-0.05, 0) is 36.5 Å². The first-order chi connectivity index (χ1) is 9.11. The number of benzene rings is 2. The smallest absolute Gasteiger partial charge is 0.266 e. The fraction of sp³-hybridized carbons (Fsp3) is 0. The Morgan fingerprint density at radius 2 is 1.63 bits per heavy atom. The molecule has 0 aliphatic rings. The molecule has 0 bridgehead atoms. The van der Waals surface area contributed by atoms with Gasteiger partial charge < -0.3 is 5.73 Å². The Kier molecular flexibility index (Phi) is 4.14. The van der Waals surface area contributed by atoms with Crippen LogP contribution in [-0.4, -0.2) is 11.0 Å². The van der Waals surface area contributed by atoms with Crippen molar-refractivity contribution in [2.45, 2.75) is 0 Å². The molecule has 2 rings (SSSR count). The molecule has 1 amide bonds. The van der Waals surface area contributed by atoms with Gasteiger partial charge in [-0.25, -0.2) is 0 Å². The zero-order chi connectivity index (χ0) is 13.8. The summed E-state index contributed by atoms with van der Waals surface area (Å²) in [6, 6.07) is 15.8. The summed E-state index contributed by atoms with van der Waals surface area (Å²) in [6.07, 6.45) is 0. The minimum Gasteiger partial charge on any atom is -0.376 e. The van der Waals surface area contributed by atoms with Crippen LogP contribution in [0.1, 0.15) is 10.4 Å². The SMILES string of the molecule is NC(=S)N(C(=O)c1ccccc1Cl)c1ccccc1. The van der Waals surface area contributed by atoms with Crippen LogP contribution >= 0.6 is 23.8 Å². The molecule has 3 nitrogen and oxygen atoms in total. The highest BCUT2D eigenvalue weighted by Gasteiger charge is 2.21. The van der Waals surface area contributed by atoms with Gasteiger partial charge in [-0.3, -0.25) is 9.69 Å². The summed E-state index contributed by atoms with van der Waals surface area (Å²) in [7, 11) is 0. The number of carbonyl (C=O) groups excluding carboxylic acids is 1. The van der Waals surface area contributed by atoms with Crippen LogP contribution in [0.4, 0.5) is 5.69 Å². The van der Waals surface area contributed by atoms with Crippen LogP contribution in [0.25, 0.3) is 0 Å². The third-order valence-corrected chi connectivity index (χ3v) is 3.05. The van der Waals surface area contributed by atoms with Crippen LogP contribution < -0.4 is 10.6 Å². The number of carbonyl (C=O) groups is 1. The molecule has 0 heterocycles. The highest BCUT2D eigenvalue weighted by atomic mass is 35.5. The Balaban J connectivity index is 2.44. The first kappa shape index (κ1) is 13.5. The Bertz CT molecular complexity index is 616. The molecule has 2 aromatic rings. The molecule has 0 unspecified atom stereocenters. The highest BCUT2D eigenvalue weighted by molar-refractivity contribution is 7.80. The summed E-state index contributed by atoms with van der Waals surface area (Å²) >= 11 is 11.0. The number of halogens is 1. The number of anilines is 1. The lowest BCUT2D eigenvalue weighted by Gasteiger charge is -2.21. The number of rotatable bonds is 2. The first-order valence-electron chi connectivity index (χ1n) is 5.54. The number of hydrogen-bond donors (Lipinski definition) is 1. The minimum atomic E-state index is -0.343. The number of nitrogens with two attached hydrogens (primary N) is 1. The molecule has 0 fully saturated rings. The predicted molar refractivity (Wildman–Crippen MR) is 81.5 cm³/mol. The Morgan fingerprint density at radius 1 is 1.05 bits per heavy atom. The average Bonchev–Trinajstić information content (AvgIpc) is 2.40. The number of para-hydroxylation sites is 1. The van der Waals surface area contributed by atoms with Crippen molar-refractivity contribution in [2.75, 3.05) is 4.90 Å². The number of nitrogens with zero attached hydrogens (tertiary/aromatic N) is 1. The molecule has 0 aliphatic heterocycles. The van der Waals surface area contributed by atoms with E-state index in [9.17, 15) is 4.79 Å². The van der Waals surface area contributed by atoms with Crippen LogP contribution in [0.3, 0.4) is 0 Å². The van der Waals surface area contributed by atoms with E-state index in [4.69, 9.17) is 29.6 Å². The number of amides is 1. The van der Waals surface area contributed by atoms with Gasteiger partial charge in [-0.1, -0.05) is 41.9 Å². The lowest BCUT2D eigenvalue weighted by molar-refractivity contribution is 0.100. The number of thiocarbonyl (C=S) groups is 1. The van der Waals surface area contributed by atoms with E-state index in [0.29, 0.717) is 16.3 Å². The lowest BCUT2D eigenvalue weighted by Crippen LogP contribution is -2.40. The summed E-state index contributed by atoms with van der Waals surface area (Å²) in [5, 5.41) is 0.348. The van der Waals surface area contributed by atoms with Gasteiger partial charge in [0.1, 0.15) is 0 Å². The Labute approximate surface area is 121 Å². The summed E-state index contributed by atoms with van der Waals surface area (Å²) < 4.78 is 0. The van der Waals surface area contributed by atoms with Gasteiger partial charge in [0.05, 0.1) is 16.3 Å². The maximum absolute atomic E-state index is 12.5. The fourth-order valence-electron chi connectivity index (χ4n) is 1.68. The monoisotopic (exact) mass is 290 g/mol. The van der Waals surface area contributed by atoms with Crippen LogP contribution in [0, 0.1) is 0 Å². The van der Waals surface area contributed by atoms with E-state index in [1.165, 1.54) is 4.90 Å². The molecule has 0 saturated carbocycles. The van der Waals surface area contributed by atoms with E-state index in [0.717, 1.165) is 0 Å². The second-order valence-electron chi connectivity index (χ2n) is 3.79. The topological polar surface area (TPSA) is 46.3 Å².